The lowest BCUT2D eigenvalue weighted by Crippen LogP contribution is -2.35. The predicted molar refractivity (Wildman–Crippen MR) is 93.3 cm³/mol. The van der Waals surface area contributed by atoms with Gasteiger partial charge in [-0.3, -0.25) is 4.79 Å². The van der Waals surface area contributed by atoms with Gasteiger partial charge in [-0.2, -0.15) is 5.10 Å². The topological polar surface area (TPSA) is 76.0 Å². The van der Waals surface area contributed by atoms with Crippen LogP contribution >= 0.6 is 0 Å². The van der Waals surface area contributed by atoms with Crippen LogP contribution in [0.4, 0.5) is 10.5 Å². The molecule has 1 aliphatic rings. The zero-order valence-electron chi connectivity index (χ0n) is 13.8. The number of rotatable bonds is 4. The number of hydrogen-bond donors (Lipinski definition) is 2. The maximum absolute atomic E-state index is 12.1. The minimum absolute atomic E-state index is 0.100. The van der Waals surface area contributed by atoms with Crippen LogP contribution in [0.25, 0.3) is 0 Å². The highest BCUT2D eigenvalue weighted by atomic mass is 16.2. The van der Waals surface area contributed by atoms with E-state index in [2.05, 4.69) is 15.7 Å². The second-order valence-electron chi connectivity index (χ2n) is 6.14. The van der Waals surface area contributed by atoms with Crippen LogP contribution in [-0.2, 0) is 19.4 Å². The molecular formula is C18H22N4O2. The smallest absolute Gasteiger partial charge is 0.319 e. The van der Waals surface area contributed by atoms with Gasteiger partial charge in [-0.25, -0.2) is 9.48 Å². The fourth-order valence-electron chi connectivity index (χ4n) is 2.93. The fraction of sp³-hybridized carbons (Fsp3) is 0.389. The van der Waals surface area contributed by atoms with E-state index < -0.39 is 0 Å². The lowest BCUT2D eigenvalue weighted by Gasteiger charge is -2.16. The highest BCUT2D eigenvalue weighted by Gasteiger charge is 2.13. The molecule has 1 aromatic carbocycles. The van der Waals surface area contributed by atoms with Crippen molar-refractivity contribution in [3.8, 4) is 0 Å². The molecule has 0 bridgehead atoms. The van der Waals surface area contributed by atoms with Crippen molar-refractivity contribution in [3.63, 3.8) is 0 Å². The quantitative estimate of drug-likeness (QED) is 0.905. The summed E-state index contributed by atoms with van der Waals surface area (Å²) in [7, 11) is 0. The molecule has 0 saturated heterocycles. The van der Waals surface area contributed by atoms with Crippen molar-refractivity contribution < 1.29 is 4.79 Å². The zero-order valence-corrected chi connectivity index (χ0v) is 13.8. The number of amides is 2. The Labute approximate surface area is 140 Å². The summed E-state index contributed by atoms with van der Waals surface area (Å²) in [6.45, 7) is 2.69. The minimum atomic E-state index is -0.286. The Kier molecular flexibility index (Phi) is 4.93. The fourth-order valence-corrected chi connectivity index (χ4v) is 2.93. The monoisotopic (exact) mass is 326 g/mol. The average molecular weight is 326 g/mol. The van der Waals surface area contributed by atoms with E-state index in [1.165, 1.54) is 4.68 Å². The Bertz CT molecular complexity index is 798. The first-order chi connectivity index (χ1) is 11.6. The van der Waals surface area contributed by atoms with E-state index >= 15 is 0 Å². The number of carbonyl (C=O) groups excluding carboxylic acids is 1. The second kappa shape index (κ2) is 7.29. The first-order valence-corrected chi connectivity index (χ1v) is 8.33. The Balaban J connectivity index is 1.54. The van der Waals surface area contributed by atoms with Crippen molar-refractivity contribution >= 4 is 11.7 Å². The van der Waals surface area contributed by atoms with Crippen LogP contribution in [0.3, 0.4) is 0 Å². The largest absolute Gasteiger partial charge is 0.336 e. The van der Waals surface area contributed by atoms with Gasteiger partial charge in [0.2, 0.25) is 0 Å². The lowest BCUT2D eigenvalue weighted by atomic mass is 9.97. The number of anilines is 1. The highest BCUT2D eigenvalue weighted by Crippen LogP contribution is 2.16. The summed E-state index contributed by atoms with van der Waals surface area (Å²) in [6, 6.07) is 9.00. The van der Waals surface area contributed by atoms with Crippen molar-refractivity contribution in [1.82, 2.24) is 15.1 Å². The molecule has 0 saturated carbocycles. The summed E-state index contributed by atoms with van der Waals surface area (Å²) in [4.78, 5) is 24.0. The van der Waals surface area contributed by atoms with Crippen molar-refractivity contribution in [1.29, 1.82) is 0 Å². The van der Waals surface area contributed by atoms with Gasteiger partial charge in [0.05, 0.1) is 12.2 Å². The normalized spacial score (nSPS) is 13.2. The molecule has 3 rings (SSSR count). The molecule has 0 aliphatic heterocycles. The summed E-state index contributed by atoms with van der Waals surface area (Å²) >= 11 is 0. The lowest BCUT2D eigenvalue weighted by molar-refractivity contribution is 0.251. The molecule has 0 fully saturated rings. The zero-order chi connectivity index (χ0) is 16.9. The molecule has 2 amide bonds. The maximum Gasteiger partial charge on any atom is 0.319 e. The molecule has 1 aromatic heterocycles. The van der Waals surface area contributed by atoms with E-state index in [9.17, 15) is 9.59 Å². The molecule has 6 nitrogen and oxygen atoms in total. The van der Waals surface area contributed by atoms with E-state index in [0.29, 0.717) is 13.1 Å². The summed E-state index contributed by atoms with van der Waals surface area (Å²) in [5.41, 5.74) is 3.82. The van der Waals surface area contributed by atoms with Gasteiger partial charge in [-0.15, -0.1) is 0 Å². The Morgan fingerprint density at radius 3 is 2.92 bits per heavy atom. The van der Waals surface area contributed by atoms with Crippen molar-refractivity contribution in [2.75, 3.05) is 11.9 Å². The molecule has 6 heteroatoms. The number of benzene rings is 1. The minimum Gasteiger partial charge on any atom is -0.336 e. The van der Waals surface area contributed by atoms with Crippen LogP contribution in [0.5, 0.6) is 0 Å². The molecule has 1 aliphatic carbocycles. The van der Waals surface area contributed by atoms with Gasteiger partial charge in [0.1, 0.15) is 0 Å². The number of fused-ring (bicyclic) bond motifs is 1. The van der Waals surface area contributed by atoms with Crippen molar-refractivity contribution in [3.05, 3.63) is 57.5 Å². The van der Waals surface area contributed by atoms with Crippen molar-refractivity contribution in [2.45, 2.75) is 39.2 Å². The Morgan fingerprint density at radius 2 is 2.08 bits per heavy atom. The van der Waals surface area contributed by atoms with Crippen molar-refractivity contribution in [2.24, 2.45) is 0 Å². The summed E-state index contributed by atoms with van der Waals surface area (Å²) in [5.74, 6) is 0. The van der Waals surface area contributed by atoms with Crippen LogP contribution in [0.1, 0.15) is 29.7 Å². The van der Waals surface area contributed by atoms with E-state index in [0.717, 1.165) is 48.2 Å². The van der Waals surface area contributed by atoms with E-state index in [4.69, 9.17) is 0 Å². The molecule has 126 valence electrons. The molecule has 1 heterocycles. The highest BCUT2D eigenvalue weighted by molar-refractivity contribution is 5.89. The van der Waals surface area contributed by atoms with Gasteiger partial charge in [0, 0.05) is 18.3 Å². The molecule has 0 spiro atoms. The van der Waals surface area contributed by atoms with Gasteiger partial charge in [-0.05, 0) is 55.9 Å². The molecule has 0 unspecified atom stereocenters. The molecule has 24 heavy (non-hydrogen) atoms. The van der Waals surface area contributed by atoms with Gasteiger partial charge in [-0.1, -0.05) is 12.1 Å². The summed E-state index contributed by atoms with van der Waals surface area (Å²) < 4.78 is 1.44. The predicted octanol–water partition coefficient (Wildman–Crippen LogP) is 2.25. The molecular weight excluding hydrogens is 304 g/mol. The number of aryl methyl sites for hydroxylation is 3. The van der Waals surface area contributed by atoms with Crippen LogP contribution in [0.2, 0.25) is 0 Å². The summed E-state index contributed by atoms with van der Waals surface area (Å²) in [6.07, 6.45) is 4.11. The third-order valence-electron chi connectivity index (χ3n) is 4.16. The molecule has 0 radical (unpaired) electrons. The standard InChI is InChI=1S/C18H22N4O2/c1-13-5-4-7-15(11-13)20-18(24)19-9-10-22-17(23)12-14-6-2-3-8-16(14)21-22/h4-5,7,11-12H,2-3,6,8-10H2,1H3,(H2,19,20,24). The van der Waals surface area contributed by atoms with E-state index in [1.54, 1.807) is 6.07 Å². The Hall–Kier alpha value is -2.63. The van der Waals surface area contributed by atoms with Crippen LogP contribution in [0, 0.1) is 6.92 Å². The summed E-state index contributed by atoms with van der Waals surface area (Å²) in [5, 5.41) is 9.97. The Morgan fingerprint density at radius 1 is 1.25 bits per heavy atom. The molecule has 2 aromatic rings. The first-order valence-electron chi connectivity index (χ1n) is 8.33. The van der Waals surface area contributed by atoms with E-state index in [-0.39, 0.29) is 11.6 Å². The third kappa shape index (κ3) is 4.01. The number of nitrogens with zero attached hydrogens (tertiary/aromatic N) is 2. The van der Waals surface area contributed by atoms with Gasteiger partial charge < -0.3 is 10.6 Å². The molecule has 0 atom stereocenters. The van der Waals surface area contributed by atoms with Crippen LogP contribution in [0.15, 0.2) is 35.1 Å². The van der Waals surface area contributed by atoms with Gasteiger partial charge in [0.25, 0.3) is 5.56 Å². The van der Waals surface area contributed by atoms with Crippen LogP contribution < -0.4 is 16.2 Å². The maximum atomic E-state index is 12.1. The van der Waals surface area contributed by atoms with E-state index in [1.807, 2.05) is 31.2 Å². The third-order valence-corrected chi connectivity index (χ3v) is 4.16. The number of hydrogen-bond acceptors (Lipinski definition) is 3. The van der Waals surface area contributed by atoms with Gasteiger partial charge in [0.15, 0.2) is 0 Å². The SMILES string of the molecule is Cc1cccc(NC(=O)NCCn2nc3c(cc2=O)CCCC3)c1. The number of aromatic nitrogens is 2. The number of nitrogens with one attached hydrogen (secondary N) is 2. The molecule has 2 N–H and O–H groups in total. The second-order valence-corrected chi connectivity index (χ2v) is 6.14. The average Bonchev–Trinajstić information content (AvgIpc) is 2.55. The van der Waals surface area contributed by atoms with Crippen LogP contribution in [-0.4, -0.2) is 22.4 Å². The first kappa shape index (κ1) is 16.2. The number of urea groups is 1. The van der Waals surface area contributed by atoms with Gasteiger partial charge >= 0.3 is 6.03 Å². The number of carbonyl (C=O) groups is 1.